The zero-order valence-corrected chi connectivity index (χ0v) is 39.3. The summed E-state index contributed by atoms with van der Waals surface area (Å²) in [5, 5.41) is 118. The van der Waals surface area contributed by atoms with Crippen LogP contribution >= 0.6 is 0 Å². The van der Waals surface area contributed by atoms with Gasteiger partial charge in [0.25, 0.3) is 0 Å². The molecule has 66 heavy (non-hydrogen) atoms. The van der Waals surface area contributed by atoms with E-state index in [1.165, 1.54) is 6.92 Å². The molecule has 18 heteroatoms. The van der Waals surface area contributed by atoms with Gasteiger partial charge in [0.05, 0.1) is 37.4 Å². The molecule has 0 radical (unpaired) electrons. The summed E-state index contributed by atoms with van der Waals surface area (Å²) >= 11 is 0. The summed E-state index contributed by atoms with van der Waals surface area (Å²) in [6.45, 7) is 15.8. The average Bonchev–Trinajstić information content (AvgIpc) is 3.69. The maximum absolute atomic E-state index is 15.0. The van der Waals surface area contributed by atoms with Crippen molar-refractivity contribution in [2.75, 3.05) is 19.8 Å². The van der Waals surface area contributed by atoms with Gasteiger partial charge < -0.3 is 84.6 Å². The van der Waals surface area contributed by atoms with E-state index in [9.17, 15) is 61.0 Å². The molecular weight excluding hydrogens is 865 g/mol. The van der Waals surface area contributed by atoms with E-state index in [-0.39, 0.29) is 46.5 Å². The smallest absolute Gasteiger partial charge is 0.314 e. The lowest BCUT2D eigenvalue weighted by Gasteiger charge is -2.72. The fourth-order valence-corrected chi connectivity index (χ4v) is 15.7. The Bertz CT molecular complexity index is 1770. The molecule has 0 amide bonds. The van der Waals surface area contributed by atoms with E-state index in [4.69, 9.17) is 28.4 Å². The lowest BCUT2D eigenvalue weighted by Crippen LogP contribution is -2.68. The number of allylic oxidation sites excluding steroid dienone is 1. The Morgan fingerprint density at radius 1 is 0.652 bits per heavy atom. The van der Waals surface area contributed by atoms with Crippen molar-refractivity contribution in [3.05, 3.63) is 12.2 Å². The van der Waals surface area contributed by atoms with E-state index in [1.54, 1.807) is 0 Å². The normalized spacial score (nSPS) is 56.0. The fraction of sp³-hybridized carbons (Fsp3) is 0.938. The van der Waals surface area contributed by atoms with Crippen molar-refractivity contribution >= 4 is 5.97 Å². The van der Waals surface area contributed by atoms with Crippen LogP contribution in [0.5, 0.6) is 0 Å². The first-order chi connectivity index (χ1) is 30.9. The number of aliphatic hydroxyl groups excluding tert-OH is 11. The van der Waals surface area contributed by atoms with Crippen LogP contribution in [0.3, 0.4) is 0 Å². The van der Waals surface area contributed by atoms with E-state index in [0.29, 0.717) is 25.2 Å². The molecule has 0 aromatic carbocycles. The Morgan fingerprint density at radius 2 is 1.30 bits per heavy atom. The van der Waals surface area contributed by atoms with Gasteiger partial charge in [0.1, 0.15) is 67.1 Å². The molecule has 0 bridgehead atoms. The monoisotopic (exact) mass is 943 g/mol. The van der Waals surface area contributed by atoms with E-state index < -0.39 is 128 Å². The molecule has 3 heterocycles. The van der Waals surface area contributed by atoms with Crippen LogP contribution in [0.1, 0.15) is 106 Å². The summed E-state index contributed by atoms with van der Waals surface area (Å²) in [4.78, 5) is 15.0. The highest BCUT2D eigenvalue weighted by Gasteiger charge is 2.73. The Kier molecular flexibility index (Phi) is 14.1. The predicted octanol–water partition coefficient (Wildman–Crippen LogP) is -0.00360. The Balaban J connectivity index is 0.965. The molecule has 378 valence electrons. The van der Waals surface area contributed by atoms with Crippen molar-refractivity contribution in [2.24, 2.45) is 56.7 Å². The lowest BCUT2D eigenvalue weighted by atomic mass is 9.32. The number of hydrogen-bond acceptors (Lipinski definition) is 18. The van der Waals surface area contributed by atoms with Crippen molar-refractivity contribution in [3.63, 3.8) is 0 Å². The minimum Gasteiger partial charge on any atom is -0.432 e. The van der Waals surface area contributed by atoms with E-state index in [0.717, 1.165) is 50.5 Å². The Morgan fingerprint density at radius 3 is 1.97 bits per heavy atom. The van der Waals surface area contributed by atoms with Gasteiger partial charge in [-0.2, -0.15) is 0 Å². The molecule has 8 rings (SSSR count). The third-order valence-corrected chi connectivity index (χ3v) is 19.8. The molecule has 11 N–H and O–H groups in total. The summed E-state index contributed by atoms with van der Waals surface area (Å²) < 4.78 is 34.7. The highest BCUT2D eigenvalue weighted by Crippen LogP contribution is 2.77. The molecule has 8 fully saturated rings. The van der Waals surface area contributed by atoms with Crippen LogP contribution in [0.2, 0.25) is 0 Å². The van der Waals surface area contributed by atoms with Crippen molar-refractivity contribution in [3.8, 4) is 0 Å². The van der Waals surface area contributed by atoms with Crippen LogP contribution in [-0.4, -0.2) is 180 Å². The predicted molar refractivity (Wildman–Crippen MR) is 230 cm³/mol. The van der Waals surface area contributed by atoms with Crippen LogP contribution in [0.15, 0.2) is 12.2 Å². The second-order valence-electron chi connectivity index (χ2n) is 22.8. The number of esters is 1. The number of fused-ring (bicyclic) bond motifs is 7. The number of carbonyl (C=O) groups is 1. The highest BCUT2D eigenvalue weighted by molar-refractivity contribution is 5.78. The summed E-state index contributed by atoms with van der Waals surface area (Å²) in [5.41, 5.74) is -0.817. The molecule has 0 aromatic rings. The Hall–Kier alpha value is -1.43. The minimum atomic E-state index is -1.85. The van der Waals surface area contributed by atoms with Crippen LogP contribution in [0.25, 0.3) is 0 Å². The molecule has 3 aliphatic heterocycles. The van der Waals surface area contributed by atoms with Gasteiger partial charge in [-0.05, 0) is 124 Å². The molecule has 26 atom stereocenters. The topological polar surface area (TPSA) is 295 Å². The van der Waals surface area contributed by atoms with Crippen LogP contribution in [-0.2, 0) is 33.2 Å². The first-order valence-electron chi connectivity index (χ1n) is 24.4. The Labute approximate surface area is 387 Å². The standard InChI is InChI=1S/C48H78O18/c1-21(2)23-10-15-48(17-16-46(6)24(30(23)48)8-9-28-44(4)13-12-29(51)45(5,20-50)27(44)11-14-47(28,46)7)43(60)66-42-37(58)34(55)32(53)26(64-42)19-61-40-38(59)35(56)39(25(18-49)63-40)65-41-36(57)33(54)31(52)22(3)62-41/h22-42,49-59H,1,8-20H2,2-7H3/t22-,23-,24+,25+,26+,27+,28+,29+,30-,31-,32+,33+,34-,35-,36+,37+,38+,39+,40+,41-,42-,44-,45-,46+,47+,48-/m0/s1. The molecule has 0 spiro atoms. The SMILES string of the molecule is C=C(C)[C@@H]1CC[C@]2(C(=O)O[C@@H]3O[C@H](CO[C@@H]4O[C@H](CO)[C@@H](O[C@@H]5O[C@@H](C)[C@H](O)[C@@H](O)[C@H]5O)[C@@H](O)[C@H]4O)[C@@H](O)[C@H](O)[C@H]3O)CC[C@]3(C)[C@H](CC[C@@H]4[C@@]5(C)CC[C@@H](O)[C@@](C)(CO)[C@@H]5CC[C@]43C)[C@H]12. The maximum atomic E-state index is 15.0. The van der Waals surface area contributed by atoms with Gasteiger partial charge in [-0.25, -0.2) is 0 Å². The van der Waals surface area contributed by atoms with E-state index in [2.05, 4.69) is 34.3 Å². The lowest BCUT2D eigenvalue weighted by molar-refractivity contribution is -0.361. The molecule has 8 aliphatic rings. The van der Waals surface area contributed by atoms with Crippen LogP contribution < -0.4 is 0 Å². The van der Waals surface area contributed by atoms with Gasteiger partial charge in [-0.1, -0.05) is 39.8 Å². The molecule has 18 nitrogen and oxygen atoms in total. The number of carbonyl (C=O) groups excluding carboxylic acids is 1. The number of ether oxygens (including phenoxy) is 6. The number of aliphatic hydroxyl groups is 11. The molecular formula is C48H78O18. The average molecular weight is 943 g/mol. The largest absolute Gasteiger partial charge is 0.432 e. The van der Waals surface area contributed by atoms with E-state index in [1.807, 2.05) is 6.92 Å². The quantitative estimate of drug-likeness (QED) is 0.101. The molecule has 3 saturated heterocycles. The first kappa shape index (κ1) is 50.9. The fourth-order valence-electron chi connectivity index (χ4n) is 15.7. The van der Waals surface area contributed by atoms with Crippen LogP contribution in [0.4, 0.5) is 0 Å². The second-order valence-corrected chi connectivity index (χ2v) is 22.8. The first-order valence-corrected chi connectivity index (χ1v) is 24.4. The van der Waals surface area contributed by atoms with Crippen molar-refractivity contribution in [1.82, 2.24) is 0 Å². The molecule has 0 unspecified atom stereocenters. The third-order valence-electron chi connectivity index (χ3n) is 19.8. The van der Waals surface area contributed by atoms with Gasteiger partial charge in [-0.3, -0.25) is 4.79 Å². The van der Waals surface area contributed by atoms with Gasteiger partial charge in [-0.15, -0.1) is 0 Å². The summed E-state index contributed by atoms with van der Waals surface area (Å²) in [7, 11) is 0. The van der Waals surface area contributed by atoms with Crippen molar-refractivity contribution < 1.29 is 89.4 Å². The molecule has 0 aromatic heterocycles. The zero-order chi connectivity index (χ0) is 48.2. The van der Waals surface area contributed by atoms with Gasteiger partial charge >= 0.3 is 5.97 Å². The summed E-state index contributed by atoms with van der Waals surface area (Å²) in [5.74, 6) is 0.0482. The maximum Gasteiger partial charge on any atom is 0.314 e. The van der Waals surface area contributed by atoms with Crippen LogP contribution in [0, 0.1) is 56.7 Å². The summed E-state index contributed by atoms with van der Waals surface area (Å²) in [6, 6.07) is 0. The number of rotatable bonds is 10. The third kappa shape index (κ3) is 7.69. The summed E-state index contributed by atoms with van der Waals surface area (Å²) in [6.07, 6.45) is -16.9. The zero-order valence-electron chi connectivity index (χ0n) is 39.3. The highest BCUT2D eigenvalue weighted by atomic mass is 16.8. The van der Waals surface area contributed by atoms with Gasteiger partial charge in [0, 0.05) is 5.41 Å². The minimum absolute atomic E-state index is 0.0378. The van der Waals surface area contributed by atoms with Crippen molar-refractivity contribution in [2.45, 2.75) is 204 Å². The van der Waals surface area contributed by atoms with Crippen molar-refractivity contribution in [1.29, 1.82) is 0 Å². The van der Waals surface area contributed by atoms with Gasteiger partial charge in [0.2, 0.25) is 6.29 Å². The van der Waals surface area contributed by atoms with E-state index >= 15 is 0 Å². The molecule has 5 saturated carbocycles. The van der Waals surface area contributed by atoms with Gasteiger partial charge in [0.15, 0.2) is 12.6 Å². The second kappa shape index (κ2) is 18.3. The molecule has 5 aliphatic carbocycles. The number of hydrogen-bond donors (Lipinski definition) is 11.